The van der Waals surface area contributed by atoms with Crippen LogP contribution in [0.25, 0.3) is 0 Å². The Labute approximate surface area is 99.3 Å². The summed E-state index contributed by atoms with van der Waals surface area (Å²) in [7, 11) is 0. The second kappa shape index (κ2) is 5.04. The molecule has 74 valence electrons. The molecule has 0 aromatic heterocycles. The van der Waals surface area contributed by atoms with Crippen molar-refractivity contribution in [3.63, 3.8) is 0 Å². The number of hydrogen-bond acceptors (Lipinski definition) is 5. The first-order valence-corrected chi connectivity index (χ1v) is 5.28. The van der Waals surface area contributed by atoms with Gasteiger partial charge in [-0.1, -0.05) is 11.8 Å². The van der Waals surface area contributed by atoms with Gasteiger partial charge in [-0.2, -0.15) is 0 Å². The predicted molar refractivity (Wildman–Crippen MR) is 68.2 cm³/mol. The van der Waals surface area contributed by atoms with Crippen molar-refractivity contribution in [3.05, 3.63) is 0 Å². The fourth-order valence-electron chi connectivity index (χ4n) is 1.36. The summed E-state index contributed by atoms with van der Waals surface area (Å²) in [5, 5.41) is 4.33. The SMILES string of the molecule is CSC1=NCCN1C1=NCCN1.I. The molecule has 0 unspecified atom stereocenters. The van der Waals surface area contributed by atoms with Crippen LogP contribution < -0.4 is 5.32 Å². The molecule has 0 fully saturated rings. The molecule has 2 rings (SSSR count). The van der Waals surface area contributed by atoms with E-state index in [1.165, 1.54) is 0 Å². The molecule has 0 saturated carbocycles. The summed E-state index contributed by atoms with van der Waals surface area (Å²) in [6.45, 7) is 3.74. The average molecular weight is 312 g/mol. The molecule has 0 atom stereocenters. The third-order valence-electron chi connectivity index (χ3n) is 1.90. The Morgan fingerprint density at radius 3 is 2.85 bits per heavy atom. The van der Waals surface area contributed by atoms with E-state index in [0.717, 1.165) is 37.3 Å². The van der Waals surface area contributed by atoms with Gasteiger partial charge in [-0.15, -0.1) is 24.0 Å². The third-order valence-corrected chi connectivity index (χ3v) is 2.61. The van der Waals surface area contributed by atoms with Crippen molar-refractivity contribution >= 4 is 46.9 Å². The molecule has 0 aromatic rings. The molecule has 1 N–H and O–H groups in total. The van der Waals surface area contributed by atoms with Crippen LogP contribution in [0.4, 0.5) is 0 Å². The van der Waals surface area contributed by atoms with Crippen LogP contribution in [0.3, 0.4) is 0 Å². The minimum atomic E-state index is 0. The highest BCUT2D eigenvalue weighted by atomic mass is 127. The zero-order chi connectivity index (χ0) is 8.39. The maximum absolute atomic E-state index is 4.36. The summed E-state index contributed by atoms with van der Waals surface area (Å²) in [4.78, 5) is 10.9. The van der Waals surface area contributed by atoms with E-state index in [0.29, 0.717) is 0 Å². The van der Waals surface area contributed by atoms with Crippen LogP contribution in [0.15, 0.2) is 9.98 Å². The fourth-order valence-corrected chi connectivity index (χ4v) is 1.98. The summed E-state index contributed by atoms with van der Waals surface area (Å²) in [5.41, 5.74) is 0. The Hall–Kier alpha value is 0.0200. The number of amidine groups is 1. The number of guanidine groups is 1. The van der Waals surface area contributed by atoms with E-state index in [4.69, 9.17) is 0 Å². The highest BCUT2D eigenvalue weighted by molar-refractivity contribution is 14.0. The Kier molecular flexibility index (Phi) is 4.30. The zero-order valence-electron chi connectivity index (χ0n) is 7.49. The zero-order valence-corrected chi connectivity index (χ0v) is 10.6. The second-order valence-corrected chi connectivity index (χ2v) is 3.43. The molecule has 13 heavy (non-hydrogen) atoms. The van der Waals surface area contributed by atoms with Crippen molar-refractivity contribution in [2.24, 2.45) is 9.98 Å². The van der Waals surface area contributed by atoms with Gasteiger partial charge in [0.25, 0.3) is 0 Å². The van der Waals surface area contributed by atoms with Crippen molar-refractivity contribution in [2.45, 2.75) is 0 Å². The van der Waals surface area contributed by atoms with Gasteiger partial charge in [-0.05, 0) is 6.26 Å². The van der Waals surface area contributed by atoms with Gasteiger partial charge in [0.1, 0.15) is 0 Å². The number of aliphatic imine (C=N–C) groups is 2. The Morgan fingerprint density at radius 2 is 2.23 bits per heavy atom. The molecule has 0 aliphatic carbocycles. The number of nitrogens with zero attached hydrogens (tertiary/aromatic N) is 3. The highest BCUT2D eigenvalue weighted by Gasteiger charge is 2.22. The number of nitrogens with one attached hydrogen (secondary N) is 1. The van der Waals surface area contributed by atoms with Gasteiger partial charge in [-0.25, -0.2) is 0 Å². The predicted octanol–water partition coefficient (Wildman–Crippen LogP) is 0.598. The monoisotopic (exact) mass is 312 g/mol. The Bertz CT molecular complexity index is 241. The maximum atomic E-state index is 4.36. The van der Waals surface area contributed by atoms with E-state index in [1.807, 2.05) is 6.26 Å². The van der Waals surface area contributed by atoms with E-state index >= 15 is 0 Å². The Morgan fingerprint density at radius 1 is 1.38 bits per heavy atom. The van der Waals surface area contributed by atoms with Crippen LogP contribution >= 0.6 is 35.7 Å². The van der Waals surface area contributed by atoms with E-state index in [-0.39, 0.29) is 24.0 Å². The van der Waals surface area contributed by atoms with Gasteiger partial charge in [0.2, 0.25) is 0 Å². The van der Waals surface area contributed by atoms with E-state index in [2.05, 4.69) is 20.2 Å². The quantitative estimate of drug-likeness (QED) is 0.666. The summed E-state index contributed by atoms with van der Waals surface area (Å²) < 4.78 is 0. The number of halogens is 1. The number of thioether (sulfide) groups is 1. The molecule has 2 heterocycles. The minimum Gasteiger partial charge on any atom is -0.354 e. The Balaban J connectivity index is 0.000000845. The normalized spacial score (nSPS) is 20.5. The molecule has 2 aliphatic heterocycles. The summed E-state index contributed by atoms with van der Waals surface area (Å²) >= 11 is 1.68. The average Bonchev–Trinajstić information content (AvgIpc) is 2.74. The summed E-state index contributed by atoms with van der Waals surface area (Å²) in [6, 6.07) is 0. The van der Waals surface area contributed by atoms with Gasteiger partial charge in [0, 0.05) is 13.1 Å². The maximum Gasteiger partial charge on any atom is 0.200 e. The lowest BCUT2D eigenvalue weighted by Crippen LogP contribution is -2.39. The topological polar surface area (TPSA) is 40.0 Å². The molecule has 2 aliphatic rings. The molecule has 0 aromatic carbocycles. The van der Waals surface area contributed by atoms with Crippen molar-refractivity contribution in [1.82, 2.24) is 10.2 Å². The molecule has 0 spiro atoms. The first-order chi connectivity index (χ1) is 5.92. The van der Waals surface area contributed by atoms with Gasteiger partial charge >= 0.3 is 0 Å². The molecular weight excluding hydrogens is 299 g/mol. The molecule has 0 saturated heterocycles. The first kappa shape index (κ1) is 11.1. The second-order valence-electron chi connectivity index (χ2n) is 2.65. The highest BCUT2D eigenvalue weighted by Crippen LogP contribution is 2.12. The molecular formula is C7H13IN4S. The van der Waals surface area contributed by atoms with Gasteiger partial charge in [0.05, 0.1) is 13.1 Å². The smallest absolute Gasteiger partial charge is 0.200 e. The van der Waals surface area contributed by atoms with Crippen molar-refractivity contribution in [3.8, 4) is 0 Å². The summed E-state index contributed by atoms with van der Waals surface area (Å²) in [5.74, 6) is 1.00. The largest absolute Gasteiger partial charge is 0.354 e. The van der Waals surface area contributed by atoms with Gasteiger partial charge in [0.15, 0.2) is 11.1 Å². The molecule has 4 nitrogen and oxygen atoms in total. The van der Waals surface area contributed by atoms with E-state index in [9.17, 15) is 0 Å². The van der Waals surface area contributed by atoms with Gasteiger partial charge < -0.3 is 5.32 Å². The lowest BCUT2D eigenvalue weighted by molar-refractivity contribution is 0.651. The molecule has 0 bridgehead atoms. The third kappa shape index (κ3) is 2.28. The van der Waals surface area contributed by atoms with Crippen LogP contribution in [-0.4, -0.2) is 48.5 Å². The summed E-state index contributed by atoms with van der Waals surface area (Å²) in [6.07, 6.45) is 2.05. The number of hydrogen-bond donors (Lipinski definition) is 1. The minimum absolute atomic E-state index is 0. The van der Waals surface area contributed by atoms with Crippen LogP contribution in [0, 0.1) is 0 Å². The van der Waals surface area contributed by atoms with Crippen molar-refractivity contribution in [1.29, 1.82) is 0 Å². The molecule has 0 radical (unpaired) electrons. The number of rotatable bonds is 0. The standard InChI is InChI=1S/C7H12N4S.HI/c1-12-7-10-4-5-11(7)6-8-2-3-9-6;/h2-5H2,1H3,(H,8,9);1H. The van der Waals surface area contributed by atoms with Gasteiger partial charge in [-0.3, -0.25) is 14.9 Å². The van der Waals surface area contributed by atoms with Crippen molar-refractivity contribution < 1.29 is 0 Å². The van der Waals surface area contributed by atoms with Crippen LogP contribution in [0.5, 0.6) is 0 Å². The first-order valence-electron chi connectivity index (χ1n) is 4.06. The lowest BCUT2D eigenvalue weighted by atomic mass is 10.6. The molecule has 0 amide bonds. The molecule has 6 heteroatoms. The van der Waals surface area contributed by atoms with E-state index in [1.54, 1.807) is 11.8 Å². The fraction of sp³-hybridized carbons (Fsp3) is 0.714. The van der Waals surface area contributed by atoms with Crippen LogP contribution in [-0.2, 0) is 0 Å². The lowest BCUT2D eigenvalue weighted by Gasteiger charge is -2.18. The van der Waals surface area contributed by atoms with Crippen LogP contribution in [0.1, 0.15) is 0 Å². The van der Waals surface area contributed by atoms with Crippen LogP contribution in [0.2, 0.25) is 0 Å². The van der Waals surface area contributed by atoms with Crippen molar-refractivity contribution in [2.75, 3.05) is 32.4 Å². The van der Waals surface area contributed by atoms with E-state index < -0.39 is 0 Å².